The molecule has 1 fully saturated rings. The SMILES string of the molecule is CCC1CCC(C)N(C(=O)c2cc(C)nc(Cl)n2)C1. The molecule has 2 heterocycles. The van der Waals surface area contributed by atoms with Crippen LogP contribution in [0, 0.1) is 12.8 Å². The van der Waals surface area contributed by atoms with Gasteiger partial charge in [0.15, 0.2) is 0 Å². The summed E-state index contributed by atoms with van der Waals surface area (Å²) >= 11 is 5.83. The highest BCUT2D eigenvalue weighted by molar-refractivity contribution is 6.28. The van der Waals surface area contributed by atoms with Gasteiger partial charge in [-0.2, -0.15) is 0 Å². The molecule has 0 radical (unpaired) electrons. The highest BCUT2D eigenvalue weighted by atomic mass is 35.5. The van der Waals surface area contributed by atoms with E-state index in [1.165, 1.54) is 6.42 Å². The summed E-state index contributed by atoms with van der Waals surface area (Å²) in [7, 11) is 0. The molecule has 0 saturated carbocycles. The molecule has 1 aliphatic rings. The Morgan fingerprint density at radius 1 is 1.47 bits per heavy atom. The predicted octanol–water partition coefficient (Wildman–Crippen LogP) is 3.09. The van der Waals surface area contributed by atoms with E-state index in [1.807, 2.05) is 11.8 Å². The Morgan fingerprint density at radius 2 is 2.21 bits per heavy atom. The van der Waals surface area contributed by atoms with E-state index in [1.54, 1.807) is 6.07 Å². The summed E-state index contributed by atoms with van der Waals surface area (Å²) in [6.07, 6.45) is 3.37. The van der Waals surface area contributed by atoms with E-state index < -0.39 is 0 Å². The molecular weight excluding hydrogens is 262 g/mol. The second-order valence-corrected chi connectivity index (χ2v) is 5.66. The van der Waals surface area contributed by atoms with Crippen molar-refractivity contribution in [2.24, 2.45) is 5.92 Å². The minimum Gasteiger partial charge on any atom is -0.334 e. The Labute approximate surface area is 119 Å². The average molecular weight is 282 g/mol. The molecule has 1 amide bonds. The quantitative estimate of drug-likeness (QED) is 0.783. The first-order valence-corrected chi connectivity index (χ1v) is 7.21. The molecule has 1 aliphatic heterocycles. The lowest BCUT2D eigenvalue weighted by Crippen LogP contribution is -2.45. The van der Waals surface area contributed by atoms with Crippen molar-refractivity contribution in [3.8, 4) is 0 Å². The summed E-state index contributed by atoms with van der Waals surface area (Å²) in [5.74, 6) is 0.566. The molecule has 104 valence electrons. The van der Waals surface area contributed by atoms with Crippen molar-refractivity contribution in [3.63, 3.8) is 0 Å². The summed E-state index contributed by atoms with van der Waals surface area (Å²) < 4.78 is 0. The van der Waals surface area contributed by atoms with Crippen LogP contribution in [0.25, 0.3) is 0 Å². The lowest BCUT2D eigenvalue weighted by Gasteiger charge is -2.37. The van der Waals surface area contributed by atoms with Crippen LogP contribution in [-0.2, 0) is 0 Å². The van der Waals surface area contributed by atoms with E-state index in [4.69, 9.17) is 11.6 Å². The highest BCUT2D eigenvalue weighted by Crippen LogP contribution is 2.25. The third-order valence-corrected chi connectivity index (χ3v) is 4.03. The first kappa shape index (κ1) is 14.3. The largest absolute Gasteiger partial charge is 0.334 e. The van der Waals surface area contributed by atoms with Gasteiger partial charge in [0.25, 0.3) is 5.91 Å². The van der Waals surface area contributed by atoms with Gasteiger partial charge in [-0.05, 0) is 50.3 Å². The summed E-state index contributed by atoms with van der Waals surface area (Å²) in [5.41, 5.74) is 1.13. The fraction of sp³-hybridized carbons (Fsp3) is 0.643. The van der Waals surface area contributed by atoms with Crippen molar-refractivity contribution in [2.75, 3.05) is 6.54 Å². The van der Waals surface area contributed by atoms with Gasteiger partial charge in [0.1, 0.15) is 5.69 Å². The third-order valence-electron chi connectivity index (χ3n) is 3.86. The van der Waals surface area contributed by atoms with Gasteiger partial charge in [0, 0.05) is 18.3 Å². The summed E-state index contributed by atoms with van der Waals surface area (Å²) in [4.78, 5) is 22.5. The smallest absolute Gasteiger partial charge is 0.272 e. The lowest BCUT2D eigenvalue weighted by molar-refractivity contribution is 0.0550. The fourth-order valence-electron chi connectivity index (χ4n) is 2.59. The van der Waals surface area contributed by atoms with E-state index in [2.05, 4.69) is 23.8 Å². The Bertz CT molecular complexity index is 458. The number of piperidine rings is 1. The fourth-order valence-corrected chi connectivity index (χ4v) is 2.81. The van der Waals surface area contributed by atoms with E-state index in [9.17, 15) is 4.79 Å². The number of hydrogen-bond donors (Lipinski definition) is 0. The molecule has 2 atom stereocenters. The van der Waals surface area contributed by atoms with Crippen molar-refractivity contribution < 1.29 is 4.79 Å². The Balaban J connectivity index is 2.21. The molecule has 1 saturated heterocycles. The maximum absolute atomic E-state index is 12.6. The van der Waals surface area contributed by atoms with Crippen LogP contribution in [0.4, 0.5) is 0 Å². The number of nitrogens with zero attached hydrogens (tertiary/aromatic N) is 3. The van der Waals surface area contributed by atoms with Crippen LogP contribution in [0.1, 0.15) is 49.3 Å². The van der Waals surface area contributed by atoms with Crippen molar-refractivity contribution in [1.82, 2.24) is 14.9 Å². The van der Waals surface area contributed by atoms with E-state index in [0.717, 1.165) is 25.1 Å². The second kappa shape index (κ2) is 5.87. The van der Waals surface area contributed by atoms with Crippen LogP contribution in [0.5, 0.6) is 0 Å². The molecule has 19 heavy (non-hydrogen) atoms. The summed E-state index contributed by atoms with van der Waals surface area (Å²) in [6.45, 7) is 6.91. The second-order valence-electron chi connectivity index (χ2n) is 5.32. The number of likely N-dealkylation sites (tertiary alicyclic amines) is 1. The van der Waals surface area contributed by atoms with E-state index >= 15 is 0 Å². The molecule has 0 bridgehead atoms. The highest BCUT2D eigenvalue weighted by Gasteiger charge is 2.29. The van der Waals surface area contributed by atoms with E-state index in [-0.39, 0.29) is 17.2 Å². The molecule has 1 aromatic heterocycles. The van der Waals surface area contributed by atoms with Gasteiger partial charge in [-0.1, -0.05) is 13.3 Å². The van der Waals surface area contributed by atoms with Gasteiger partial charge in [0.2, 0.25) is 5.28 Å². The number of amides is 1. The zero-order valence-corrected chi connectivity index (χ0v) is 12.4. The van der Waals surface area contributed by atoms with Crippen LogP contribution < -0.4 is 0 Å². The van der Waals surface area contributed by atoms with Crippen molar-refractivity contribution in [2.45, 2.75) is 46.1 Å². The zero-order valence-electron chi connectivity index (χ0n) is 11.7. The Hall–Kier alpha value is -1.16. The Kier molecular flexibility index (Phi) is 4.40. The topological polar surface area (TPSA) is 46.1 Å². The van der Waals surface area contributed by atoms with Gasteiger partial charge in [0.05, 0.1) is 0 Å². The van der Waals surface area contributed by atoms with Gasteiger partial charge >= 0.3 is 0 Å². The molecule has 2 unspecified atom stereocenters. The number of aromatic nitrogens is 2. The maximum Gasteiger partial charge on any atom is 0.272 e. The minimum atomic E-state index is -0.0296. The minimum absolute atomic E-state index is 0.0296. The zero-order chi connectivity index (χ0) is 14.0. The van der Waals surface area contributed by atoms with Crippen LogP contribution in [0.3, 0.4) is 0 Å². The Morgan fingerprint density at radius 3 is 2.84 bits per heavy atom. The number of hydrogen-bond acceptors (Lipinski definition) is 3. The van der Waals surface area contributed by atoms with Crippen LogP contribution in [-0.4, -0.2) is 33.4 Å². The van der Waals surface area contributed by atoms with Crippen LogP contribution in [0.2, 0.25) is 5.28 Å². The van der Waals surface area contributed by atoms with Gasteiger partial charge in [-0.25, -0.2) is 9.97 Å². The number of aryl methyl sites for hydroxylation is 1. The molecule has 0 aliphatic carbocycles. The predicted molar refractivity (Wildman–Crippen MR) is 75.3 cm³/mol. The van der Waals surface area contributed by atoms with Crippen LogP contribution >= 0.6 is 11.6 Å². The summed E-state index contributed by atoms with van der Waals surface area (Å²) in [6, 6.07) is 1.97. The molecule has 5 heteroatoms. The number of carbonyl (C=O) groups is 1. The normalized spacial score (nSPS) is 23.5. The van der Waals surface area contributed by atoms with Crippen molar-refractivity contribution in [1.29, 1.82) is 0 Å². The van der Waals surface area contributed by atoms with Crippen molar-refractivity contribution >= 4 is 17.5 Å². The monoisotopic (exact) mass is 281 g/mol. The average Bonchev–Trinajstić information content (AvgIpc) is 2.37. The molecule has 0 N–H and O–H groups in total. The molecule has 0 spiro atoms. The number of halogens is 1. The first-order valence-electron chi connectivity index (χ1n) is 6.83. The molecule has 1 aromatic rings. The molecule has 4 nitrogen and oxygen atoms in total. The lowest BCUT2D eigenvalue weighted by atomic mass is 9.91. The maximum atomic E-state index is 12.6. The molecular formula is C14H20ClN3O. The van der Waals surface area contributed by atoms with Gasteiger partial charge in [-0.15, -0.1) is 0 Å². The number of carbonyl (C=O) groups excluding carboxylic acids is 1. The van der Waals surface area contributed by atoms with Crippen LogP contribution in [0.15, 0.2) is 6.07 Å². The third kappa shape index (κ3) is 3.24. The summed E-state index contributed by atoms with van der Waals surface area (Å²) in [5, 5.41) is 0.139. The number of rotatable bonds is 2. The first-order chi connectivity index (χ1) is 9.01. The molecule has 2 rings (SSSR count). The van der Waals surface area contributed by atoms with Crippen molar-refractivity contribution in [3.05, 3.63) is 22.7 Å². The van der Waals surface area contributed by atoms with Gasteiger partial charge in [-0.3, -0.25) is 4.79 Å². The van der Waals surface area contributed by atoms with E-state index in [0.29, 0.717) is 11.6 Å². The standard InChI is InChI=1S/C14H20ClN3O/c1-4-11-6-5-10(3)18(8-11)13(19)12-7-9(2)16-14(15)17-12/h7,10-11H,4-6,8H2,1-3H3. The van der Waals surface area contributed by atoms with Gasteiger partial charge < -0.3 is 4.90 Å². The molecule has 0 aromatic carbocycles.